The lowest BCUT2D eigenvalue weighted by atomic mass is 10.1. The smallest absolute Gasteiger partial charge is 0.331 e. The number of amides is 1. The van der Waals surface area contributed by atoms with Gasteiger partial charge in [-0.3, -0.25) is 4.79 Å². The Morgan fingerprint density at radius 3 is 2.83 bits per heavy atom. The summed E-state index contributed by atoms with van der Waals surface area (Å²) in [6, 6.07) is 15.2. The molecule has 6 nitrogen and oxygen atoms in total. The molecule has 0 saturated carbocycles. The Balaban J connectivity index is 1.60. The van der Waals surface area contributed by atoms with E-state index in [0.29, 0.717) is 13.0 Å². The molecule has 0 aliphatic carbocycles. The largest absolute Gasteiger partial charge is 0.452 e. The van der Waals surface area contributed by atoms with Crippen LogP contribution in [0.2, 0.25) is 0 Å². The molecule has 1 amide bonds. The summed E-state index contributed by atoms with van der Waals surface area (Å²) in [5.74, 6) is -1.71. The van der Waals surface area contributed by atoms with Crippen molar-refractivity contribution < 1.29 is 18.7 Å². The van der Waals surface area contributed by atoms with Crippen LogP contribution >= 0.6 is 0 Å². The molecule has 0 bridgehead atoms. The summed E-state index contributed by atoms with van der Waals surface area (Å²) in [5, 5.41) is 12.2. The van der Waals surface area contributed by atoms with E-state index in [4.69, 9.17) is 10.00 Å². The second-order valence-corrected chi connectivity index (χ2v) is 6.20. The number of nitrogens with one attached hydrogen (secondary N) is 1. The number of anilines is 1. The first kappa shape index (κ1) is 19.8. The summed E-state index contributed by atoms with van der Waals surface area (Å²) in [4.78, 5) is 23.8. The summed E-state index contributed by atoms with van der Waals surface area (Å²) in [6.45, 7) is 0.0686. The van der Waals surface area contributed by atoms with Gasteiger partial charge in [0.2, 0.25) is 0 Å². The zero-order chi connectivity index (χ0) is 20.6. The first-order chi connectivity index (χ1) is 14.1. The van der Waals surface area contributed by atoms with Crippen LogP contribution in [0.5, 0.6) is 0 Å². The lowest BCUT2D eigenvalue weighted by Crippen LogP contribution is -2.20. The third-order valence-corrected chi connectivity index (χ3v) is 4.14. The zero-order valence-electron chi connectivity index (χ0n) is 15.5. The Kier molecular flexibility index (Phi) is 6.38. The van der Waals surface area contributed by atoms with Crippen LogP contribution < -0.4 is 5.32 Å². The minimum Gasteiger partial charge on any atom is -0.452 e. The standard InChI is InChI=1S/C22H18FN3O3/c23-17-5-3-6-18(13-17)25-21(27)15-29-22(28)10-9-16-14-26(12-4-11-24)20-8-2-1-7-19(16)20/h1-3,5-10,13-14H,4,12,15H2,(H,25,27)/b10-9+. The predicted octanol–water partition coefficient (Wildman–Crippen LogP) is 3.89. The highest BCUT2D eigenvalue weighted by Crippen LogP contribution is 2.22. The van der Waals surface area contributed by atoms with Gasteiger partial charge in [0.1, 0.15) is 5.82 Å². The van der Waals surface area contributed by atoms with Gasteiger partial charge in [-0.1, -0.05) is 24.3 Å². The zero-order valence-corrected chi connectivity index (χ0v) is 15.5. The molecule has 0 spiro atoms. The molecule has 0 aliphatic rings. The number of hydrogen-bond donors (Lipinski definition) is 1. The van der Waals surface area contributed by atoms with E-state index in [9.17, 15) is 14.0 Å². The molecule has 7 heteroatoms. The number of benzene rings is 2. The Morgan fingerprint density at radius 2 is 2.03 bits per heavy atom. The number of rotatable bonds is 7. The molecule has 1 heterocycles. The minimum absolute atomic E-state index is 0.284. The normalized spacial score (nSPS) is 10.8. The van der Waals surface area contributed by atoms with Gasteiger partial charge in [0, 0.05) is 41.0 Å². The van der Waals surface area contributed by atoms with E-state index in [1.807, 2.05) is 35.0 Å². The number of esters is 1. The summed E-state index contributed by atoms with van der Waals surface area (Å²) in [5.41, 5.74) is 2.05. The fraction of sp³-hybridized carbons (Fsp3) is 0.136. The third-order valence-electron chi connectivity index (χ3n) is 4.14. The molecule has 0 atom stereocenters. The van der Waals surface area contributed by atoms with Gasteiger partial charge in [-0.15, -0.1) is 0 Å². The van der Waals surface area contributed by atoms with E-state index in [1.54, 1.807) is 6.08 Å². The van der Waals surface area contributed by atoms with Gasteiger partial charge in [0.25, 0.3) is 5.91 Å². The van der Waals surface area contributed by atoms with Crippen molar-refractivity contribution in [3.63, 3.8) is 0 Å². The maximum absolute atomic E-state index is 13.1. The number of nitrogens with zero attached hydrogens (tertiary/aromatic N) is 2. The van der Waals surface area contributed by atoms with Crippen LogP contribution in [0.15, 0.2) is 60.8 Å². The van der Waals surface area contributed by atoms with Crippen molar-refractivity contribution in [2.45, 2.75) is 13.0 Å². The van der Waals surface area contributed by atoms with Crippen LogP contribution in [0, 0.1) is 17.1 Å². The fourth-order valence-corrected chi connectivity index (χ4v) is 2.87. The van der Waals surface area contributed by atoms with E-state index < -0.39 is 24.3 Å². The summed E-state index contributed by atoms with van der Waals surface area (Å²) < 4.78 is 20.0. The van der Waals surface area contributed by atoms with Crippen LogP contribution in [0.4, 0.5) is 10.1 Å². The monoisotopic (exact) mass is 391 g/mol. The first-order valence-electron chi connectivity index (χ1n) is 8.92. The Labute approximate surface area is 166 Å². The number of hydrogen-bond acceptors (Lipinski definition) is 4. The first-order valence-corrected chi connectivity index (χ1v) is 8.92. The van der Waals surface area contributed by atoms with E-state index in [0.717, 1.165) is 16.5 Å². The Morgan fingerprint density at radius 1 is 1.21 bits per heavy atom. The van der Waals surface area contributed by atoms with E-state index in [2.05, 4.69) is 11.4 Å². The highest BCUT2D eigenvalue weighted by molar-refractivity contribution is 5.96. The van der Waals surface area contributed by atoms with Gasteiger partial charge >= 0.3 is 5.97 Å². The van der Waals surface area contributed by atoms with Gasteiger partial charge < -0.3 is 14.6 Å². The molecule has 0 fully saturated rings. The molecule has 0 radical (unpaired) electrons. The quantitative estimate of drug-likeness (QED) is 0.489. The number of halogens is 1. The molecule has 3 aromatic rings. The number of carbonyl (C=O) groups is 2. The van der Waals surface area contributed by atoms with Gasteiger partial charge in [0.15, 0.2) is 6.61 Å². The van der Waals surface area contributed by atoms with Gasteiger partial charge in [-0.05, 0) is 30.3 Å². The minimum atomic E-state index is -0.673. The summed E-state index contributed by atoms with van der Waals surface area (Å²) >= 11 is 0. The number of aryl methyl sites for hydroxylation is 1. The number of fused-ring (bicyclic) bond motifs is 1. The van der Waals surface area contributed by atoms with Crippen molar-refractivity contribution in [3.8, 4) is 6.07 Å². The molecular formula is C22H18FN3O3. The molecular weight excluding hydrogens is 373 g/mol. The van der Waals surface area contributed by atoms with Crippen molar-refractivity contribution in [2.24, 2.45) is 0 Å². The highest BCUT2D eigenvalue weighted by atomic mass is 19.1. The van der Waals surface area contributed by atoms with Crippen molar-refractivity contribution >= 4 is 34.5 Å². The van der Waals surface area contributed by atoms with Crippen LogP contribution in [0.1, 0.15) is 12.0 Å². The number of nitriles is 1. The van der Waals surface area contributed by atoms with E-state index >= 15 is 0 Å². The van der Waals surface area contributed by atoms with Crippen molar-refractivity contribution in [1.29, 1.82) is 5.26 Å². The summed E-state index contributed by atoms with van der Waals surface area (Å²) in [6.07, 6.45) is 5.09. The SMILES string of the molecule is N#CCCn1cc(/C=C/C(=O)OCC(=O)Nc2cccc(F)c2)c2ccccc21. The van der Waals surface area contributed by atoms with Crippen molar-refractivity contribution in [1.82, 2.24) is 4.57 Å². The molecule has 146 valence electrons. The maximum atomic E-state index is 13.1. The average Bonchev–Trinajstić information content (AvgIpc) is 3.07. The lowest BCUT2D eigenvalue weighted by Gasteiger charge is -2.05. The van der Waals surface area contributed by atoms with Crippen LogP contribution in [-0.4, -0.2) is 23.1 Å². The number of aromatic nitrogens is 1. The van der Waals surface area contributed by atoms with Gasteiger partial charge in [-0.25, -0.2) is 9.18 Å². The second kappa shape index (κ2) is 9.33. The van der Waals surface area contributed by atoms with Crippen LogP contribution in [0.25, 0.3) is 17.0 Å². The van der Waals surface area contributed by atoms with Crippen molar-refractivity contribution in [3.05, 3.63) is 72.2 Å². The topological polar surface area (TPSA) is 84.1 Å². The molecule has 0 saturated heterocycles. The molecule has 0 unspecified atom stereocenters. The Hall–Kier alpha value is -3.92. The Bertz CT molecular complexity index is 1110. The second-order valence-electron chi connectivity index (χ2n) is 6.20. The van der Waals surface area contributed by atoms with Gasteiger partial charge in [-0.2, -0.15) is 5.26 Å². The fourth-order valence-electron chi connectivity index (χ4n) is 2.87. The van der Waals surface area contributed by atoms with Crippen molar-refractivity contribution in [2.75, 3.05) is 11.9 Å². The third kappa shape index (κ3) is 5.30. The number of carbonyl (C=O) groups excluding carboxylic acids is 2. The molecule has 0 aliphatic heterocycles. The van der Waals surface area contributed by atoms with Crippen LogP contribution in [-0.2, 0) is 20.9 Å². The van der Waals surface area contributed by atoms with E-state index in [1.165, 1.54) is 30.3 Å². The molecule has 3 rings (SSSR count). The maximum Gasteiger partial charge on any atom is 0.331 e. The molecule has 1 N–H and O–H groups in total. The predicted molar refractivity (Wildman–Crippen MR) is 107 cm³/mol. The molecule has 1 aromatic heterocycles. The highest BCUT2D eigenvalue weighted by Gasteiger charge is 2.08. The number of para-hydroxylation sites is 1. The average molecular weight is 391 g/mol. The summed E-state index contributed by atoms with van der Waals surface area (Å²) in [7, 11) is 0. The molecule has 2 aromatic carbocycles. The molecule has 29 heavy (non-hydrogen) atoms. The van der Waals surface area contributed by atoms with E-state index in [-0.39, 0.29) is 5.69 Å². The number of ether oxygens (including phenoxy) is 1. The van der Waals surface area contributed by atoms with Crippen LogP contribution in [0.3, 0.4) is 0 Å². The lowest BCUT2D eigenvalue weighted by molar-refractivity contribution is -0.142. The van der Waals surface area contributed by atoms with Gasteiger partial charge in [0.05, 0.1) is 12.5 Å².